The van der Waals surface area contributed by atoms with Gasteiger partial charge in [0.05, 0.1) is 11.6 Å². The van der Waals surface area contributed by atoms with Gasteiger partial charge in [0.25, 0.3) is 5.78 Å². The van der Waals surface area contributed by atoms with Crippen LogP contribution in [0.2, 0.25) is 5.02 Å². The molecule has 0 saturated carbocycles. The molecule has 1 saturated heterocycles. The number of anilines is 1. The zero-order chi connectivity index (χ0) is 20.5. The molecule has 0 bridgehead atoms. The van der Waals surface area contributed by atoms with Gasteiger partial charge in [-0.05, 0) is 48.9 Å². The molecule has 3 aromatic rings. The zero-order valence-corrected chi connectivity index (χ0v) is 16.3. The summed E-state index contributed by atoms with van der Waals surface area (Å²) in [4.78, 5) is 31.7. The number of aliphatic hydroxyl groups excluding tert-OH is 1. The van der Waals surface area contributed by atoms with Crippen LogP contribution in [-0.2, 0) is 9.59 Å². The Balaban J connectivity index is 1.94. The van der Waals surface area contributed by atoms with Crippen molar-refractivity contribution in [2.75, 3.05) is 4.90 Å². The van der Waals surface area contributed by atoms with E-state index in [1.807, 2.05) is 43.3 Å². The van der Waals surface area contributed by atoms with Crippen molar-refractivity contribution in [3.8, 4) is 0 Å². The van der Waals surface area contributed by atoms with E-state index < -0.39 is 17.7 Å². The van der Waals surface area contributed by atoms with Crippen LogP contribution < -0.4 is 4.90 Å². The van der Waals surface area contributed by atoms with E-state index in [0.717, 1.165) is 0 Å². The van der Waals surface area contributed by atoms with Crippen LogP contribution in [0.4, 0.5) is 5.82 Å². The number of halogens is 1. The summed E-state index contributed by atoms with van der Waals surface area (Å²) in [7, 11) is 0. The Morgan fingerprint density at radius 1 is 0.966 bits per heavy atom. The van der Waals surface area contributed by atoms with Crippen LogP contribution in [0, 0.1) is 6.92 Å². The highest BCUT2D eigenvalue weighted by atomic mass is 35.5. The molecule has 0 spiro atoms. The van der Waals surface area contributed by atoms with Crippen molar-refractivity contribution >= 4 is 34.9 Å². The first kappa shape index (κ1) is 18.9. The third-order valence-corrected chi connectivity index (χ3v) is 5.05. The molecular formula is C23H17ClN2O3. The molecule has 1 atom stereocenters. The Morgan fingerprint density at radius 3 is 2.31 bits per heavy atom. The van der Waals surface area contributed by atoms with E-state index in [1.54, 1.807) is 36.4 Å². The fourth-order valence-corrected chi connectivity index (χ4v) is 3.57. The highest BCUT2D eigenvalue weighted by Crippen LogP contribution is 2.41. The number of carbonyl (C=O) groups excluding carboxylic acids is 2. The maximum atomic E-state index is 13.0. The van der Waals surface area contributed by atoms with Crippen molar-refractivity contribution < 1.29 is 14.7 Å². The average Bonchev–Trinajstić information content (AvgIpc) is 2.99. The second-order valence-electron chi connectivity index (χ2n) is 6.72. The number of ketones is 1. The Labute approximate surface area is 172 Å². The van der Waals surface area contributed by atoms with E-state index in [4.69, 9.17) is 11.6 Å². The number of carbonyl (C=O) groups is 2. The minimum atomic E-state index is -0.791. The average molecular weight is 405 g/mol. The largest absolute Gasteiger partial charge is 0.507 e. The van der Waals surface area contributed by atoms with Gasteiger partial charge in [0.15, 0.2) is 0 Å². The molecule has 2 heterocycles. The van der Waals surface area contributed by atoms with Gasteiger partial charge in [0.1, 0.15) is 11.6 Å². The predicted octanol–water partition coefficient (Wildman–Crippen LogP) is 4.67. The van der Waals surface area contributed by atoms with Crippen molar-refractivity contribution in [3.05, 3.63) is 100 Å². The van der Waals surface area contributed by atoms with Gasteiger partial charge >= 0.3 is 5.91 Å². The zero-order valence-electron chi connectivity index (χ0n) is 15.5. The van der Waals surface area contributed by atoms with Crippen molar-refractivity contribution in [2.45, 2.75) is 13.0 Å². The summed E-state index contributed by atoms with van der Waals surface area (Å²) in [6.07, 6.45) is 0. The molecule has 1 fully saturated rings. The minimum Gasteiger partial charge on any atom is -0.507 e. The van der Waals surface area contributed by atoms with Crippen molar-refractivity contribution in [3.63, 3.8) is 0 Å². The predicted molar refractivity (Wildman–Crippen MR) is 112 cm³/mol. The summed E-state index contributed by atoms with van der Waals surface area (Å²) >= 11 is 5.94. The van der Waals surface area contributed by atoms with Crippen LogP contribution in [0.25, 0.3) is 5.76 Å². The number of hydrogen-bond acceptors (Lipinski definition) is 4. The highest BCUT2D eigenvalue weighted by Gasteiger charge is 2.47. The molecule has 1 N–H and O–H groups in total. The molecule has 4 rings (SSSR count). The molecule has 2 aromatic carbocycles. The van der Waals surface area contributed by atoms with Crippen LogP contribution in [0.5, 0.6) is 0 Å². The Hall–Kier alpha value is -3.44. The molecule has 29 heavy (non-hydrogen) atoms. The summed E-state index contributed by atoms with van der Waals surface area (Å²) in [6.45, 7) is 1.81. The number of pyridine rings is 1. The minimum absolute atomic E-state index is 0.0202. The van der Waals surface area contributed by atoms with E-state index in [-0.39, 0.29) is 11.3 Å². The number of hydrogen-bond donors (Lipinski definition) is 1. The molecule has 0 radical (unpaired) electrons. The first-order valence-electron chi connectivity index (χ1n) is 9.03. The van der Waals surface area contributed by atoms with Gasteiger partial charge in [-0.15, -0.1) is 0 Å². The van der Waals surface area contributed by atoms with Crippen molar-refractivity contribution in [2.24, 2.45) is 0 Å². The Kier molecular flexibility index (Phi) is 4.91. The van der Waals surface area contributed by atoms with Gasteiger partial charge in [-0.25, -0.2) is 4.98 Å². The van der Waals surface area contributed by atoms with E-state index in [0.29, 0.717) is 27.7 Å². The lowest BCUT2D eigenvalue weighted by Gasteiger charge is -2.24. The number of rotatable bonds is 3. The Morgan fingerprint density at radius 2 is 1.66 bits per heavy atom. The van der Waals surface area contributed by atoms with Crippen LogP contribution >= 0.6 is 11.6 Å². The molecular weight excluding hydrogens is 388 g/mol. The summed E-state index contributed by atoms with van der Waals surface area (Å²) in [5, 5.41) is 11.5. The molecule has 144 valence electrons. The summed E-state index contributed by atoms with van der Waals surface area (Å²) < 4.78 is 0. The standard InChI is InChI=1S/C23H17ClN2O3/c1-14-6-5-9-18(25-14)26-20(15-7-3-2-4-8-15)19(22(28)23(26)29)21(27)16-10-12-17(24)13-11-16/h2-13,20,27H,1H3/t20-/m1/s1. The maximum absolute atomic E-state index is 13.0. The van der Waals surface area contributed by atoms with E-state index in [9.17, 15) is 14.7 Å². The van der Waals surface area contributed by atoms with Gasteiger partial charge in [-0.1, -0.05) is 48.0 Å². The molecule has 0 aliphatic carbocycles. The third kappa shape index (κ3) is 3.41. The number of aryl methyl sites for hydroxylation is 1. The second-order valence-corrected chi connectivity index (χ2v) is 7.16. The molecule has 1 aliphatic heterocycles. The lowest BCUT2D eigenvalue weighted by molar-refractivity contribution is -0.132. The molecule has 6 heteroatoms. The van der Waals surface area contributed by atoms with Crippen LogP contribution in [0.3, 0.4) is 0 Å². The molecule has 5 nitrogen and oxygen atoms in total. The van der Waals surface area contributed by atoms with Crippen LogP contribution in [-0.4, -0.2) is 21.8 Å². The smallest absolute Gasteiger partial charge is 0.301 e. The van der Waals surface area contributed by atoms with Gasteiger partial charge in [-0.2, -0.15) is 0 Å². The summed E-state index contributed by atoms with van der Waals surface area (Å²) in [5.41, 5.74) is 1.84. The topological polar surface area (TPSA) is 70.5 Å². The number of aromatic nitrogens is 1. The quantitative estimate of drug-likeness (QED) is 0.391. The molecule has 1 aromatic heterocycles. The third-order valence-electron chi connectivity index (χ3n) is 4.80. The number of amides is 1. The summed E-state index contributed by atoms with van der Waals surface area (Å²) in [5.74, 6) is -1.37. The summed E-state index contributed by atoms with van der Waals surface area (Å²) in [6, 6.07) is 20.0. The van der Waals surface area contributed by atoms with Gasteiger partial charge in [0.2, 0.25) is 0 Å². The van der Waals surface area contributed by atoms with Crippen LogP contribution in [0.15, 0.2) is 78.4 Å². The van der Waals surface area contributed by atoms with Crippen LogP contribution in [0.1, 0.15) is 22.9 Å². The lowest BCUT2D eigenvalue weighted by atomic mass is 9.95. The molecule has 0 unspecified atom stereocenters. The maximum Gasteiger partial charge on any atom is 0.301 e. The SMILES string of the molecule is Cc1cccc(N2C(=O)C(=O)C(=C(O)c3ccc(Cl)cc3)[C@H]2c2ccccc2)n1. The van der Waals surface area contributed by atoms with Gasteiger partial charge in [-0.3, -0.25) is 14.5 Å². The fourth-order valence-electron chi connectivity index (χ4n) is 3.45. The first-order valence-corrected chi connectivity index (χ1v) is 9.40. The highest BCUT2D eigenvalue weighted by molar-refractivity contribution is 6.51. The van der Waals surface area contributed by atoms with E-state index in [2.05, 4.69) is 4.98 Å². The number of benzene rings is 2. The monoisotopic (exact) mass is 404 g/mol. The van der Waals surface area contributed by atoms with Crippen molar-refractivity contribution in [1.82, 2.24) is 4.98 Å². The normalized spacial score (nSPS) is 18.3. The van der Waals surface area contributed by atoms with E-state index in [1.165, 1.54) is 4.90 Å². The first-order chi connectivity index (χ1) is 14.0. The van der Waals surface area contributed by atoms with Gasteiger partial charge in [0, 0.05) is 16.3 Å². The Bertz CT molecular complexity index is 1120. The van der Waals surface area contributed by atoms with Gasteiger partial charge < -0.3 is 5.11 Å². The number of nitrogens with zero attached hydrogens (tertiary/aromatic N) is 2. The number of aliphatic hydroxyl groups is 1. The second kappa shape index (κ2) is 7.53. The molecule has 1 amide bonds. The van der Waals surface area contributed by atoms with Crippen molar-refractivity contribution in [1.29, 1.82) is 0 Å². The van der Waals surface area contributed by atoms with E-state index >= 15 is 0 Å². The molecule has 1 aliphatic rings. The lowest BCUT2D eigenvalue weighted by Crippen LogP contribution is -2.30. The fraction of sp³-hybridized carbons (Fsp3) is 0.0870. The number of Topliss-reactive ketones (excluding diaryl/α,β-unsaturated/α-hetero) is 1.